The van der Waals surface area contributed by atoms with E-state index in [4.69, 9.17) is 9.84 Å². The van der Waals surface area contributed by atoms with Crippen LogP contribution in [0.15, 0.2) is 46.2 Å². The summed E-state index contributed by atoms with van der Waals surface area (Å²) in [6, 6.07) is 6.14. The number of nitro groups is 1. The van der Waals surface area contributed by atoms with E-state index < -0.39 is 42.8 Å². The molecule has 0 fully saturated rings. The van der Waals surface area contributed by atoms with Gasteiger partial charge in [0.05, 0.1) is 27.4 Å². The number of hydrogen-bond donors (Lipinski definition) is 2. The predicted molar refractivity (Wildman–Crippen MR) is 80.2 cm³/mol. The van der Waals surface area contributed by atoms with Crippen molar-refractivity contribution in [3.8, 4) is 11.5 Å². The van der Waals surface area contributed by atoms with Gasteiger partial charge in [-0.1, -0.05) is 6.07 Å². The first-order valence-corrected chi connectivity index (χ1v) is 7.80. The van der Waals surface area contributed by atoms with Crippen LogP contribution in [0.1, 0.15) is 10.4 Å². The van der Waals surface area contributed by atoms with Crippen molar-refractivity contribution in [3.63, 3.8) is 0 Å². The Bertz CT molecular complexity index is 936. The maximum atomic E-state index is 12.6. The summed E-state index contributed by atoms with van der Waals surface area (Å²) in [6.07, 6.45) is 0. The molecule has 2 N–H and O–H groups in total. The van der Waals surface area contributed by atoms with E-state index in [2.05, 4.69) is 0 Å². The highest BCUT2D eigenvalue weighted by atomic mass is 32.2. The maximum Gasteiger partial charge on any atom is 0.335 e. The number of rotatable bonds is 5. The van der Waals surface area contributed by atoms with Crippen LogP contribution in [0.4, 0.5) is 5.69 Å². The van der Waals surface area contributed by atoms with Gasteiger partial charge in [0, 0.05) is 12.1 Å². The Labute approximate surface area is 135 Å². The van der Waals surface area contributed by atoms with Crippen LogP contribution in [-0.2, 0) is 9.84 Å². The lowest BCUT2D eigenvalue weighted by atomic mass is 10.2. The van der Waals surface area contributed by atoms with Gasteiger partial charge in [-0.15, -0.1) is 0 Å². The SMILES string of the molecule is COc1cc(S(=O)(=O)c2cccc(C(=O)O)c2)cc([N+](=O)[O-])c1O. The van der Waals surface area contributed by atoms with Gasteiger partial charge in [-0.25, -0.2) is 13.2 Å². The first-order valence-electron chi connectivity index (χ1n) is 6.32. The summed E-state index contributed by atoms with van der Waals surface area (Å²) in [5, 5.41) is 29.6. The molecule has 0 atom stereocenters. The number of ether oxygens (including phenoxy) is 1. The van der Waals surface area contributed by atoms with E-state index in [-0.39, 0.29) is 10.5 Å². The van der Waals surface area contributed by atoms with E-state index in [1.807, 2.05) is 0 Å². The lowest BCUT2D eigenvalue weighted by molar-refractivity contribution is -0.386. The van der Waals surface area contributed by atoms with Gasteiger partial charge >= 0.3 is 11.7 Å². The predicted octanol–water partition coefficient (Wildman–Crippen LogP) is 1.84. The smallest absolute Gasteiger partial charge is 0.335 e. The molecular formula is C14H11NO8S. The van der Waals surface area contributed by atoms with Gasteiger partial charge in [-0.3, -0.25) is 10.1 Å². The zero-order chi connectivity index (χ0) is 18.1. The summed E-state index contributed by atoms with van der Waals surface area (Å²) in [4.78, 5) is 20.1. The highest BCUT2D eigenvalue weighted by molar-refractivity contribution is 7.91. The lowest BCUT2D eigenvalue weighted by Gasteiger charge is -2.09. The molecule has 0 aliphatic rings. The largest absolute Gasteiger partial charge is 0.500 e. The van der Waals surface area contributed by atoms with Crippen LogP contribution in [0.3, 0.4) is 0 Å². The second-order valence-corrected chi connectivity index (χ2v) is 6.54. The van der Waals surface area contributed by atoms with Crippen LogP contribution in [0.2, 0.25) is 0 Å². The number of sulfone groups is 1. The molecule has 0 heterocycles. The van der Waals surface area contributed by atoms with E-state index >= 15 is 0 Å². The molecular weight excluding hydrogens is 342 g/mol. The van der Waals surface area contributed by atoms with Crippen LogP contribution in [-0.4, -0.2) is 36.6 Å². The van der Waals surface area contributed by atoms with Gasteiger partial charge in [0.25, 0.3) is 0 Å². The van der Waals surface area contributed by atoms with E-state index in [0.717, 1.165) is 25.3 Å². The van der Waals surface area contributed by atoms with Gasteiger partial charge in [0.15, 0.2) is 5.75 Å². The van der Waals surface area contributed by atoms with Crippen LogP contribution in [0.25, 0.3) is 0 Å². The van der Waals surface area contributed by atoms with Crippen LogP contribution in [0.5, 0.6) is 11.5 Å². The fourth-order valence-electron chi connectivity index (χ4n) is 1.95. The van der Waals surface area contributed by atoms with Crippen molar-refractivity contribution in [2.75, 3.05) is 7.11 Å². The van der Waals surface area contributed by atoms with Crippen molar-refractivity contribution in [1.29, 1.82) is 0 Å². The molecule has 0 aromatic heterocycles. The Hall–Kier alpha value is -3.14. The van der Waals surface area contributed by atoms with Crippen LogP contribution < -0.4 is 4.74 Å². The van der Waals surface area contributed by atoms with E-state index in [1.165, 1.54) is 12.1 Å². The Morgan fingerprint density at radius 2 is 1.88 bits per heavy atom. The third-order valence-corrected chi connectivity index (χ3v) is 4.88. The fourth-order valence-corrected chi connectivity index (χ4v) is 3.29. The average molecular weight is 353 g/mol. The summed E-state index contributed by atoms with van der Waals surface area (Å²) < 4.78 is 30.0. The molecule has 0 amide bonds. The molecule has 0 radical (unpaired) electrons. The number of nitrogens with zero attached hydrogens (tertiary/aromatic N) is 1. The molecule has 0 saturated carbocycles. The summed E-state index contributed by atoms with van der Waals surface area (Å²) >= 11 is 0. The summed E-state index contributed by atoms with van der Waals surface area (Å²) in [7, 11) is -3.15. The number of phenols is 1. The second-order valence-electron chi connectivity index (χ2n) is 4.59. The lowest BCUT2D eigenvalue weighted by Crippen LogP contribution is -2.06. The first kappa shape index (κ1) is 17.2. The summed E-state index contributed by atoms with van der Waals surface area (Å²) in [6.45, 7) is 0. The molecule has 9 nitrogen and oxygen atoms in total. The zero-order valence-electron chi connectivity index (χ0n) is 12.2. The highest BCUT2D eigenvalue weighted by Gasteiger charge is 2.27. The number of carboxylic acids is 1. The Morgan fingerprint density at radius 3 is 2.42 bits per heavy atom. The Balaban J connectivity index is 2.70. The van der Waals surface area contributed by atoms with Crippen LogP contribution >= 0.6 is 0 Å². The minimum atomic E-state index is -4.26. The number of carbonyl (C=O) groups is 1. The van der Waals surface area contributed by atoms with Crippen molar-refractivity contribution in [1.82, 2.24) is 0 Å². The van der Waals surface area contributed by atoms with Gasteiger partial charge in [0.2, 0.25) is 15.6 Å². The summed E-state index contributed by atoms with van der Waals surface area (Å²) in [5.41, 5.74) is -1.10. The van der Waals surface area contributed by atoms with Gasteiger partial charge in [0.1, 0.15) is 0 Å². The summed E-state index contributed by atoms with van der Waals surface area (Å²) in [5.74, 6) is -2.51. The standard InChI is InChI=1S/C14H11NO8S/c1-23-12-7-10(6-11(13(12)16)15(19)20)24(21,22)9-4-2-3-8(5-9)14(17)18/h2-7,16H,1H3,(H,17,18). The van der Waals surface area contributed by atoms with Gasteiger partial charge < -0.3 is 14.9 Å². The number of aromatic hydroxyl groups is 1. The van der Waals surface area contributed by atoms with Crippen molar-refractivity contribution in [2.24, 2.45) is 0 Å². The topological polar surface area (TPSA) is 144 Å². The van der Waals surface area contributed by atoms with Crippen molar-refractivity contribution in [3.05, 3.63) is 52.1 Å². The molecule has 0 spiro atoms. The average Bonchev–Trinajstić information content (AvgIpc) is 2.54. The van der Waals surface area contributed by atoms with Gasteiger partial charge in [-0.2, -0.15) is 0 Å². The highest BCUT2D eigenvalue weighted by Crippen LogP contribution is 2.39. The van der Waals surface area contributed by atoms with Crippen molar-refractivity contribution >= 4 is 21.5 Å². The Kier molecular flexibility index (Phi) is 4.42. The van der Waals surface area contributed by atoms with E-state index in [9.17, 15) is 28.4 Å². The molecule has 2 aromatic carbocycles. The molecule has 2 rings (SSSR count). The number of benzene rings is 2. The monoisotopic (exact) mass is 353 g/mol. The maximum absolute atomic E-state index is 12.6. The quantitative estimate of drug-likeness (QED) is 0.612. The van der Waals surface area contributed by atoms with E-state index in [1.54, 1.807) is 0 Å². The van der Waals surface area contributed by atoms with Crippen LogP contribution in [0, 0.1) is 10.1 Å². The minimum absolute atomic E-state index is 0.253. The Morgan fingerprint density at radius 1 is 1.21 bits per heavy atom. The minimum Gasteiger partial charge on any atom is -0.500 e. The zero-order valence-corrected chi connectivity index (χ0v) is 13.0. The fraction of sp³-hybridized carbons (Fsp3) is 0.0714. The number of methoxy groups -OCH3 is 1. The second kappa shape index (κ2) is 6.16. The molecule has 126 valence electrons. The molecule has 2 aromatic rings. The van der Waals surface area contributed by atoms with E-state index in [0.29, 0.717) is 6.07 Å². The third kappa shape index (κ3) is 2.99. The third-order valence-electron chi connectivity index (χ3n) is 3.15. The molecule has 0 bridgehead atoms. The molecule has 24 heavy (non-hydrogen) atoms. The van der Waals surface area contributed by atoms with Gasteiger partial charge in [-0.05, 0) is 18.2 Å². The number of aromatic carboxylic acids is 1. The number of phenolic OH excluding ortho intramolecular Hbond substituents is 1. The number of nitro benzene ring substituents is 1. The normalized spacial score (nSPS) is 11.0. The number of hydrogen-bond acceptors (Lipinski definition) is 7. The first-order chi connectivity index (χ1) is 11.2. The van der Waals surface area contributed by atoms with Crippen molar-refractivity contribution < 1.29 is 33.1 Å². The molecule has 10 heteroatoms. The molecule has 0 unspecified atom stereocenters. The van der Waals surface area contributed by atoms with Crippen molar-refractivity contribution in [2.45, 2.75) is 9.79 Å². The molecule has 0 aliphatic heterocycles. The molecule has 0 saturated heterocycles. The molecule has 0 aliphatic carbocycles. The number of carboxylic acid groups (broad SMARTS) is 1.